The topological polar surface area (TPSA) is 38.4 Å². The summed E-state index contributed by atoms with van der Waals surface area (Å²) in [7, 11) is 0. The second-order valence-corrected chi connectivity index (χ2v) is 5.54. The van der Waals surface area contributed by atoms with Crippen LogP contribution < -0.4 is 5.73 Å². The van der Waals surface area contributed by atoms with E-state index in [9.17, 15) is 0 Å². The summed E-state index contributed by atoms with van der Waals surface area (Å²) in [5, 5.41) is 0. The van der Waals surface area contributed by atoms with Crippen LogP contribution in [0.5, 0.6) is 0 Å². The maximum absolute atomic E-state index is 5.82. The SMILES string of the molecule is CC(=NC(/C=C(\C)C(C)C)=C1CC1)C(C)=C(C)N. The highest BCUT2D eigenvalue weighted by Crippen LogP contribution is 2.34. The molecule has 2 nitrogen and oxygen atoms in total. The molecule has 18 heavy (non-hydrogen) atoms. The van der Waals surface area contributed by atoms with Gasteiger partial charge >= 0.3 is 0 Å². The molecule has 0 aliphatic heterocycles. The van der Waals surface area contributed by atoms with Gasteiger partial charge in [-0.2, -0.15) is 0 Å². The van der Waals surface area contributed by atoms with Gasteiger partial charge in [0, 0.05) is 11.4 Å². The predicted molar refractivity (Wildman–Crippen MR) is 80.5 cm³/mol. The molecule has 1 saturated carbocycles. The van der Waals surface area contributed by atoms with Gasteiger partial charge in [0.1, 0.15) is 0 Å². The molecule has 0 aromatic heterocycles. The van der Waals surface area contributed by atoms with Gasteiger partial charge in [0.05, 0.1) is 5.70 Å². The van der Waals surface area contributed by atoms with E-state index in [0.29, 0.717) is 5.92 Å². The van der Waals surface area contributed by atoms with E-state index >= 15 is 0 Å². The van der Waals surface area contributed by atoms with Crippen molar-refractivity contribution in [2.45, 2.75) is 54.4 Å². The smallest absolute Gasteiger partial charge is 0.0624 e. The number of hydrogen-bond donors (Lipinski definition) is 1. The number of nitrogens with two attached hydrogens (primary N) is 1. The van der Waals surface area contributed by atoms with Gasteiger partial charge in [-0.3, -0.25) is 4.99 Å². The van der Waals surface area contributed by atoms with Crippen LogP contribution in [0.1, 0.15) is 54.4 Å². The van der Waals surface area contributed by atoms with Gasteiger partial charge in [0.2, 0.25) is 0 Å². The molecule has 1 aliphatic carbocycles. The van der Waals surface area contributed by atoms with Crippen LogP contribution in [0, 0.1) is 5.92 Å². The molecule has 1 aliphatic rings. The summed E-state index contributed by atoms with van der Waals surface area (Å²) in [6.45, 7) is 12.6. The minimum Gasteiger partial charge on any atom is -0.402 e. The fraction of sp³-hybridized carbons (Fsp3) is 0.562. The molecule has 0 bridgehead atoms. The van der Waals surface area contributed by atoms with Gasteiger partial charge in [-0.25, -0.2) is 0 Å². The lowest BCUT2D eigenvalue weighted by Gasteiger charge is -2.07. The summed E-state index contributed by atoms with van der Waals surface area (Å²) in [5.74, 6) is 0.572. The molecule has 1 fully saturated rings. The Morgan fingerprint density at radius 2 is 1.72 bits per heavy atom. The molecule has 0 amide bonds. The van der Waals surface area contributed by atoms with Crippen LogP contribution in [0.3, 0.4) is 0 Å². The number of aliphatic imine (C=N–C) groups is 1. The number of nitrogens with zero attached hydrogens (tertiary/aromatic N) is 1. The number of hydrogen-bond acceptors (Lipinski definition) is 2. The second kappa shape index (κ2) is 6.03. The Balaban J connectivity index is 3.05. The Kier molecular flexibility index (Phi) is 4.94. The van der Waals surface area contributed by atoms with Crippen LogP contribution in [0.25, 0.3) is 0 Å². The van der Waals surface area contributed by atoms with E-state index in [1.165, 1.54) is 24.0 Å². The highest BCUT2D eigenvalue weighted by Gasteiger charge is 2.17. The standard InChI is InChI=1S/C16H26N2/c1-10(2)11(3)9-16(15-7-8-15)18-14(6)12(4)13(5)17/h9-10H,7-8,17H2,1-6H3/b11-9+,13-12?,18-14?. The molecule has 0 atom stereocenters. The average Bonchev–Trinajstić information content (AvgIpc) is 3.10. The quantitative estimate of drug-likeness (QED) is 0.736. The van der Waals surface area contributed by atoms with Crippen molar-refractivity contribution in [3.8, 4) is 0 Å². The van der Waals surface area contributed by atoms with Crippen molar-refractivity contribution in [3.63, 3.8) is 0 Å². The summed E-state index contributed by atoms with van der Waals surface area (Å²) in [6, 6.07) is 0. The molecule has 0 heterocycles. The monoisotopic (exact) mass is 246 g/mol. The third-order valence-electron chi connectivity index (χ3n) is 3.56. The molecule has 0 unspecified atom stereocenters. The zero-order valence-corrected chi connectivity index (χ0v) is 12.6. The Hall–Kier alpha value is -1.31. The summed E-state index contributed by atoms with van der Waals surface area (Å²) in [4.78, 5) is 4.76. The average molecular weight is 246 g/mol. The van der Waals surface area contributed by atoms with E-state index in [-0.39, 0.29) is 0 Å². The Morgan fingerprint density at radius 3 is 2.11 bits per heavy atom. The van der Waals surface area contributed by atoms with Crippen molar-refractivity contribution in [3.05, 3.63) is 34.2 Å². The summed E-state index contributed by atoms with van der Waals surface area (Å²) < 4.78 is 0. The van der Waals surface area contributed by atoms with Crippen LogP contribution in [-0.2, 0) is 0 Å². The molecule has 0 saturated heterocycles. The fourth-order valence-corrected chi connectivity index (χ4v) is 1.46. The third kappa shape index (κ3) is 4.17. The van der Waals surface area contributed by atoms with E-state index in [4.69, 9.17) is 10.7 Å². The van der Waals surface area contributed by atoms with Gasteiger partial charge < -0.3 is 5.73 Å². The van der Waals surface area contributed by atoms with E-state index in [2.05, 4.69) is 26.8 Å². The van der Waals surface area contributed by atoms with E-state index < -0.39 is 0 Å². The van der Waals surface area contributed by atoms with Crippen molar-refractivity contribution in [2.24, 2.45) is 16.6 Å². The molecule has 1 rings (SSSR count). The second-order valence-electron chi connectivity index (χ2n) is 5.54. The van der Waals surface area contributed by atoms with Crippen LogP contribution in [0.4, 0.5) is 0 Å². The first kappa shape index (κ1) is 14.7. The summed E-state index contributed by atoms with van der Waals surface area (Å²) in [6.07, 6.45) is 4.62. The highest BCUT2D eigenvalue weighted by atomic mass is 14.8. The highest BCUT2D eigenvalue weighted by molar-refractivity contribution is 5.99. The first-order valence-electron chi connectivity index (χ1n) is 6.71. The minimum atomic E-state index is 0.572. The Morgan fingerprint density at radius 1 is 1.17 bits per heavy atom. The molecular weight excluding hydrogens is 220 g/mol. The first-order valence-corrected chi connectivity index (χ1v) is 6.71. The van der Waals surface area contributed by atoms with Gasteiger partial charge in [-0.1, -0.05) is 19.4 Å². The lowest BCUT2D eigenvalue weighted by atomic mass is 10.0. The van der Waals surface area contributed by atoms with Crippen molar-refractivity contribution >= 4 is 5.71 Å². The fourth-order valence-electron chi connectivity index (χ4n) is 1.46. The van der Waals surface area contributed by atoms with Crippen molar-refractivity contribution in [2.75, 3.05) is 0 Å². The zero-order chi connectivity index (χ0) is 13.9. The summed E-state index contributed by atoms with van der Waals surface area (Å²) >= 11 is 0. The van der Waals surface area contributed by atoms with Crippen molar-refractivity contribution in [1.82, 2.24) is 0 Å². The third-order valence-corrected chi connectivity index (χ3v) is 3.56. The van der Waals surface area contributed by atoms with Crippen molar-refractivity contribution in [1.29, 1.82) is 0 Å². The molecule has 0 spiro atoms. The largest absolute Gasteiger partial charge is 0.402 e. The normalized spacial score (nSPS) is 18.1. The van der Waals surface area contributed by atoms with E-state index in [1.807, 2.05) is 20.8 Å². The Labute approximate surface area is 111 Å². The molecule has 2 N–H and O–H groups in total. The molecular formula is C16H26N2. The number of rotatable bonds is 4. The molecule has 2 heteroatoms. The minimum absolute atomic E-state index is 0.572. The first-order chi connectivity index (χ1) is 8.32. The lowest BCUT2D eigenvalue weighted by Crippen LogP contribution is -2.03. The predicted octanol–water partition coefficient (Wildman–Crippen LogP) is 4.35. The van der Waals surface area contributed by atoms with Crippen LogP contribution in [-0.4, -0.2) is 5.71 Å². The zero-order valence-electron chi connectivity index (χ0n) is 12.6. The molecule has 0 aromatic rings. The van der Waals surface area contributed by atoms with E-state index in [0.717, 1.165) is 22.7 Å². The maximum atomic E-state index is 5.82. The molecule has 0 aromatic carbocycles. The Bertz CT molecular complexity index is 436. The van der Waals surface area contributed by atoms with Gasteiger partial charge in [-0.15, -0.1) is 0 Å². The van der Waals surface area contributed by atoms with Gasteiger partial charge in [0.15, 0.2) is 0 Å². The lowest BCUT2D eigenvalue weighted by molar-refractivity contribution is 0.768. The molecule has 0 radical (unpaired) electrons. The number of allylic oxidation sites excluding steroid dienone is 5. The summed E-state index contributed by atoms with van der Waals surface area (Å²) in [5.41, 5.74) is 12.8. The van der Waals surface area contributed by atoms with Crippen LogP contribution in [0.15, 0.2) is 39.2 Å². The van der Waals surface area contributed by atoms with Gasteiger partial charge in [0.25, 0.3) is 0 Å². The van der Waals surface area contributed by atoms with Crippen molar-refractivity contribution < 1.29 is 0 Å². The van der Waals surface area contributed by atoms with E-state index in [1.54, 1.807) is 0 Å². The van der Waals surface area contributed by atoms with Gasteiger partial charge in [-0.05, 0) is 63.7 Å². The van der Waals surface area contributed by atoms with Crippen LogP contribution >= 0.6 is 0 Å². The van der Waals surface area contributed by atoms with Crippen LogP contribution in [0.2, 0.25) is 0 Å². The maximum Gasteiger partial charge on any atom is 0.0624 e. The molecule has 100 valence electrons.